The Morgan fingerprint density at radius 1 is 1.31 bits per heavy atom. The molecule has 16 heavy (non-hydrogen) atoms. The number of nitrogens with one attached hydrogen (secondary N) is 1. The van der Waals surface area contributed by atoms with Crippen molar-refractivity contribution in [2.24, 2.45) is 17.8 Å². The van der Waals surface area contributed by atoms with Crippen LogP contribution in [0.25, 0.3) is 0 Å². The topological polar surface area (TPSA) is 66.4 Å². The summed E-state index contributed by atoms with van der Waals surface area (Å²) in [6.45, 7) is 8.41. The second-order valence-electron chi connectivity index (χ2n) is 4.87. The van der Waals surface area contributed by atoms with E-state index in [9.17, 15) is 9.59 Å². The van der Waals surface area contributed by atoms with Gasteiger partial charge in [-0.3, -0.25) is 14.9 Å². The lowest BCUT2D eigenvalue weighted by Crippen LogP contribution is -2.24. The van der Waals surface area contributed by atoms with Gasteiger partial charge in [0.1, 0.15) is 0 Å². The van der Waals surface area contributed by atoms with E-state index in [0.717, 1.165) is 6.42 Å². The molecule has 1 aliphatic rings. The maximum Gasteiger partial charge on any atom is 0.230 e. The molecule has 94 valence electrons. The smallest absolute Gasteiger partial charge is 0.230 e. The predicted molar refractivity (Wildman–Crippen MR) is 62.6 cm³/mol. The average molecular weight is 229 g/mol. The Labute approximate surface area is 97.4 Å². The van der Waals surface area contributed by atoms with Crippen LogP contribution in [0.5, 0.6) is 0 Å². The van der Waals surface area contributed by atoms with E-state index in [-0.39, 0.29) is 23.7 Å². The van der Waals surface area contributed by atoms with E-state index in [4.69, 9.17) is 5.11 Å². The molecule has 0 bridgehead atoms. The Hall–Kier alpha value is -0.900. The van der Waals surface area contributed by atoms with Gasteiger partial charge in [-0.15, -0.1) is 0 Å². The minimum absolute atomic E-state index is 0.0903. The first-order valence-electron chi connectivity index (χ1n) is 5.83. The molecule has 1 rings (SSSR count). The molecule has 2 amide bonds. The number of aliphatic hydroxyl groups is 1. The fourth-order valence-electron chi connectivity index (χ4n) is 1.37. The van der Waals surface area contributed by atoms with E-state index in [1.54, 1.807) is 0 Å². The summed E-state index contributed by atoms with van der Waals surface area (Å²) >= 11 is 0. The minimum Gasteiger partial charge on any atom is -0.396 e. The lowest BCUT2D eigenvalue weighted by atomic mass is 9.95. The first kappa shape index (κ1) is 15.1. The van der Waals surface area contributed by atoms with Gasteiger partial charge in [0, 0.05) is 18.9 Å². The molecular formula is C12H23NO3. The van der Waals surface area contributed by atoms with Crippen LogP contribution >= 0.6 is 0 Å². The molecule has 0 aromatic carbocycles. The fraction of sp³-hybridized carbons (Fsp3) is 0.833. The molecule has 0 saturated carbocycles. The third kappa shape index (κ3) is 5.85. The van der Waals surface area contributed by atoms with Gasteiger partial charge in [-0.05, 0) is 18.3 Å². The number of imide groups is 1. The van der Waals surface area contributed by atoms with Crippen LogP contribution in [-0.4, -0.2) is 23.5 Å². The Morgan fingerprint density at radius 2 is 1.88 bits per heavy atom. The van der Waals surface area contributed by atoms with Gasteiger partial charge >= 0.3 is 0 Å². The van der Waals surface area contributed by atoms with Gasteiger partial charge in [-0.2, -0.15) is 0 Å². The van der Waals surface area contributed by atoms with Crippen LogP contribution in [0.1, 0.15) is 40.5 Å². The largest absolute Gasteiger partial charge is 0.396 e. The van der Waals surface area contributed by atoms with Gasteiger partial charge < -0.3 is 5.11 Å². The summed E-state index contributed by atoms with van der Waals surface area (Å²) in [5.74, 6) is 0.581. The van der Waals surface area contributed by atoms with Crippen LogP contribution in [-0.2, 0) is 9.59 Å². The Balaban J connectivity index is 0.000000325. The molecule has 1 fully saturated rings. The van der Waals surface area contributed by atoms with Gasteiger partial charge in [-0.25, -0.2) is 0 Å². The summed E-state index contributed by atoms with van der Waals surface area (Å²) in [5, 5.41) is 10.5. The van der Waals surface area contributed by atoms with Crippen molar-refractivity contribution in [3.8, 4) is 0 Å². The van der Waals surface area contributed by atoms with Gasteiger partial charge in [-0.1, -0.05) is 27.7 Å². The van der Waals surface area contributed by atoms with Crippen molar-refractivity contribution in [3.05, 3.63) is 0 Å². The Morgan fingerprint density at radius 3 is 2.00 bits per heavy atom. The standard InChI is InChI=1S/C7H11NO2.C5H12O/c1-4(2)5-3-6(9)8-7(5)10;1-5(2)3-4-6/h4-5H,3H2,1-2H3,(H,8,9,10);5-6H,3-4H2,1-2H3. The molecule has 0 spiro atoms. The van der Waals surface area contributed by atoms with Crippen molar-refractivity contribution < 1.29 is 14.7 Å². The van der Waals surface area contributed by atoms with E-state index in [1.807, 2.05) is 13.8 Å². The maximum atomic E-state index is 10.9. The van der Waals surface area contributed by atoms with Crippen LogP contribution in [0, 0.1) is 17.8 Å². The van der Waals surface area contributed by atoms with Crippen molar-refractivity contribution in [2.75, 3.05) is 6.61 Å². The van der Waals surface area contributed by atoms with E-state index < -0.39 is 0 Å². The summed E-state index contributed by atoms with van der Waals surface area (Å²) in [7, 11) is 0. The maximum absolute atomic E-state index is 10.9. The highest BCUT2D eigenvalue weighted by molar-refractivity contribution is 6.03. The number of rotatable bonds is 3. The zero-order valence-electron chi connectivity index (χ0n) is 10.6. The van der Waals surface area contributed by atoms with E-state index >= 15 is 0 Å². The van der Waals surface area contributed by atoms with Crippen molar-refractivity contribution >= 4 is 11.8 Å². The molecular weight excluding hydrogens is 206 g/mol. The summed E-state index contributed by atoms with van der Waals surface area (Å²) in [6.07, 6.45) is 1.30. The number of amides is 2. The molecule has 1 heterocycles. The average Bonchev–Trinajstić information content (AvgIpc) is 2.46. The summed E-state index contributed by atoms with van der Waals surface area (Å²) < 4.78 is 0. The predicted octanol–water partition coefficient (Wildman–Crippen LogP) is 1.33. The molecule has 0 aliphatic carbocycles. The van der Waals surface area contributed by atoms with E-state index in [0.29, 0.717) is 18.9 Å². The summed E-state index contributed by atoms with van der Waals surface area (Å²) in [6, 6.07) is 0. The quantitative estimate of drug-likeness (QED) is 0.717. The molecule has 4 nitrogen and oxygen atoms in total. The SMILES string of the molecule is CC(C)C1CC(=O)NC1=O.CC(C)CCO. The van der Waals surface area contributed by atoms with Crippen LogP contribution in [0.15, 0.2) is 0 Å². The highest BCUT2D eigenvalue weighted by Crippen LogP contribution is 2.19. The molecule has 1 atom stereocenters. The van der Waals surface area contributed by atoms with Crippen molar-refractivity contribution in [3.63, 3.8) is 0 Å². The highest BCUT2D eigenvalue weighted by Gasteiger charge is 2.32. The Kier molecular flexibility index (Phi) is 6.97. The summed E-state index contributed by atoms with van der Waals surface area (Å²) in [4.78, 5) is 21.5. The third-order valence-corrected chi connectivity index (χ3v) is 2.52. The molecule has 1 aliphatic heterocycles. The first-order valence-corrected chi connectivity index (χ1v) is 5.83. The van der Waals surface area contributed by atoms with Crippen LogP contribution in [0.3, 0.4) is 0 Å². The van der Waals surface area contributed by atoms with Crippen LogP contribution < -0.4 is 5.32 Å². The molecule has 0 aromatic heterocycles. The second kappa shape index (κ2) is 7.39. The lowest BCUT2D eigenvalue weighted by molar-refractivity contribution is -0.126. The molecule has 4 heteroatoms. The van der Waals surface area contributed by atoms with Gasteiger partial charge in [0.15, 0.2) is 0 Å². The van der Waals surface area contributed by atoms with E-state index in [1.165, 1.54) is 0 Å². The number of hydrogen-bond donors (Lipinski definition) is 2. The lowest BCUT2D eigenvalue weighted by Gasteiger charge is -2.07. The molecule has 1 unspecified atom stereocenters. The highest BCUT2D eigenvalue weighted by atomic mass is 16.3. The fourth-order valence-corrected chi connectivity index (χ4v) is 1.37. The number of aliphatic hydroxyl groups excluding tert-OH is 1. The van der Waals surface area contributed by atoms with Gasteiger partial charge in [0.2, 0.25) is 11.8 Å². The zero-order chi connectivity index (χ0) is 12.7. The summed E-state index contributed by atoms with van der Waals surface area (Å²) in [5.41, 5.74) is 0. The molecule has 2 N–H and O–H groups in total. The van der Waals surface area contributed by atoms with Gasteiger partial charge in [0.05, 0.1) is 0 Å². The van der Waals surface area contributed by atoms with Crippen molar-refractivity contribution in [1.29, 1.82) is 0 Å². The number of carbonyl (C=O) groups is 2. The van der Waals surface area contributed by atoms with Crippen molar-refractivity contribution in [1.82, 2.24) is 5.32 Å². The van der Waals surface area contributed by atoms with Crippen LogP contribution in [0.2, 0.25) is 0 Å². The molecule has 0 aromatic rings. The minimum atomic E-state index is -0.135. The second-order valence-corrected chi connectivity index (χ2v) is 4.87. The molecule has 1 saturated heterocycles. The van der Waals surface area contributed by atoms with Gasteiger partial charge in [0.25, 0.3) is 0 Å². The Bertz CT molecular complexity index is 236. The third-order valence-electron chi connectivity index (χ3n) is 2.52. The zero-order valence-corrected chi connectivity index (χ0v) is 10.6. The first-order chi connectivity index (χ1) is 7.38. The monoisotopic (exact) mass is 229 g/mol. The van der Waals surface area contributed by atoms with Crippen LogP contribution in [0.4, 0.5) is 0 Å². The van der Waals surface area contributed by atoms with Crippen molar-refractivity contribution in [2.45, 2.75) is 40.5 Å². The normalized spacial score (nSPS) is 19.8. The number of hydrogen-bond acceptors (Lipinski definition) is 3. The number of carbonyl (C=O) groups excluding carboxylic acids is 2. The van der Waals surface area contributed by atoms with E-state index in [2.05, 4.69) is 19.2 Å². The molecule has 0 radical (unpaired) electrons.